The lowest BCUT2D eigenvalue weighted by atomic mass is 10.1. The van der Waals surface area contributed by atoms with Gasteiger partial charge in [0, 0.05) is 56.7 Å². The summed E-state index contributed by atoms with van der Waals surface area (Å²) in [5.41, 5.74) is 2.24. The van der Waals surface area contributed by atoms with Crippen LogP contribution < -0.4 is 9.47 Å². The van der Waals surface area contributed by atoms with Crippen molar-refractivity contribution in [3.05, 3.63) is 77.9 Å². The number of hydrogen-bond donors (Lipinski definition) is 0. The molecule has 8 heteroatoms. The van der Waals surface area contributed by atoms with E-state index in [9.17, 15) is 9.59 Å². The third-order valence-electron chi connectivity index (χ3n) is 5.62. The second-order valence-electron chi connectivity index (χ2n) is 7.58. The molecule has 1 aliphatic heterocycles. The fourth-order valence-corrected chi connectivity index (χ4v) is 3.78. The van der Waals surface area contributed by atoms with E-state index in [1.54, 1.807) is 47.6 Å². The summed E-state index contributed by atoms with van der Waals surface area (Å²) in [7, 11) is 3.10. The SMILES string of the molecule is COc1ccc(C(=O)N2CCN(C(=O)c3ccc(Cn4ccnc4)cc3)CC2)c(OC)c1. The van der Waals surface area contributed by atoms with Crippen molar-refractivity contribution in [3.63, 3.8) is 0 Å². The van der Waals surface area contributed by atoms with Gasteiger partial charge in [-0.1, -0.05) is 12.1 Å². The Kier molecular flexibility index (Phi) is 6.39. The summed E-state index contributed by atoms with van der Waals surface area (Å²) in [6.45, 7) is 2.63. The van der Waals surface area contributed by atoms with Crippen molar-refractivity contribution in [1.29, 1.82) is 0 Å². The number of benzene rings is 2. The van der Waals surface area contributed by atoms with Crippen molar-refractivity contribution in [2.24, 2.45) is 0 Å². The molecule has 32 heavy (non-hydrogen) atoms. The van der Waals surface area contributed by atoms with E-state index in [0.717, 1.165) is 5.56 Å². The third kappa shape index (κ3) is 4.59. The number of ether oxygens (including phenoxy) is 2. The van der Waals surface area contributed by atoms with Crippen LogP contribution in [0.4, 0.5) is 0 Å². The number of carbonyl (C=O) groups excluding carboxylic acids is 2. The van der Waals surface area contributed by atoms with Gasteiger partial charge in [0.15, 0.2) is 0 Å². The summed E-state index contributed by atoms with van der Waals surface area (Å²) in [6.07, 6.45) is 5.41. The minimum atomic E-state index is -0.111. The molecule has 2 heterocycles. The molecule has 1 fully saturated rings. The van der Waals surface area contributed by atoms with Gasteiger partial charge >= 0.3 is 0 Å². The molecule has 1 aliphatic rings. The quantitative estimate of drug-likeness (QED) is 0.596. The molecule has 0 spiro atoms. The van der Waals surface area contributed by atoms with Crippen LogP contribution in [0.15, 0.2) is 61.2 Å². The Morgan fingerprint density at radius 1 is 0.906 bits per heavy atom. The molecule has 0 N–H and O–H groups in total. The molecule has 4 rings (SSSR count). The minimum Gasteiger partial charge on any atom is -0.497 e. The first-order valence-electron chi connectivity index (χ1n) is 10.4. The van der Waals surface area contributed by atoms with E-state index < -0.39 is 0 Å². The van der Waals surface area contributed by atoms with E-state index in [1.807, 2.05) is 35.0 Å². The lowest BCUT2D eigenvalue weighted by molar-refractivity contribution is 0.0533. The molecule has 0 bridgehead atoms. The number of hydrogen-bond acceptors (Lipinski definition) is 5. The standard InChI is InChI=1S/C24H26N4O4/c1-31-20-7-8-21(22(15-20)32-2)24(30)28-13-11-27(12-14-28)23(29)19-5-3-18(4-6-19)16-26-10-9-25-17-26/h3-10,15,17H,11-14,16H2,1-2H3. The zero-order valence-corrected chi connectivity index (χ0v) is 18.2. The molecule has 8 nitrogen and oxygen atoms in total. The van der Waals surface area contributed by atoms with Crippen molar-refractivity contribution in [2.45, 2.75) is 6.54 Å². The Bertz CT molecular complexity index is 1070. The van der Waals surface area contributed by atoms with E-state index in [2.05, 4.69) is 4.98 Å². The van der Waals surface area contributed by atoms with Gasteiger partial charge in [0.05, 0.1) is 26.1 Å². The van der Waals surface area contributed by atoms with Gasteiger partial charge in [-0.05, 0) is 29.8 Å². The summed E-state index contributed by atoms with van der Waals surface area (Å²) in [4.78, 5) is 33.5. The highest BCUT2D eigenvalue weighted by Gasteiger charge is 2.27. The Hall–Kier alpha value is -3.81. The van der Waals surface area contributed by atoms with Gasteiger partial charge in [0.2, 0.25) is 0 Å². The second-order valence-corrected chi connectivity index (χ2v) is 7.58. The Labute approximate surface area is 187 Å². The van der Waals surface area contributed by atoms with Crippen molar-refractivity contribution < 1.29 is 19.1 Å². The molecule has 0 radical (unpaired) electrons. The Morgan fingerprint density at radius 2 is 1.59 bits per heavy atom. The number of carbonyl (C=O) groups is 2. The zero-order valence-electron chi connectivity index (χ0n) is 18.2. The minimum absolute atomic E-state index is 0.0201. The summed E-state index contributed by atoms with van der Waals surface area (Å²) in [6, 6.07) is 12.8. The van der Waals surface area contributed by atoms with Crippen LogP contribution in [0, 0.1) is 0 Å². The summed E-state index contributed by atoms with van der Waals surface area (Å²) in [5, 5.41) is 0. The van der Waals surface area contributed by atoms with E-state index in [0.29, 0.717) is 55.3 Å². The highest BCUT2D eigenvalue weighted by Crippen LogP contribution is 2.26. The van der Waals surface area contributed by atoms with Crippen LogP contribution in [-0.2, 0) is 6.54 Å². The lowest BCUT2D eigenvalue weighted by Gasteiger charge is -2.35. The van der Waals surface area contributed by atoms with Crippen molar-refractivity contribution >= 4 is 11.8 Å². The number of methoxy groups -OCH3 is 2. The Morgan fingerprint density at radius 3 is 2.19 bits per heavy atom. The summed E-state index contributed by atoms with van der Waals surface area (Å²) < 4.78 is 12.5. The molecule has 1 saturated heterocycles. The number of nitrogens with zero attached hydrogens (tertiary/aromatic N) is 4. The Balaban J connectivity index is 1.36. The van der Waals surface area contributed by atoms with Crippen LogP contribution in [0.1, 0.15) is 26.3 Å². The fraction of sp³-hybridized carbons (Fsp3) is 0.292. The van der Waals surface area contributed by atoms with Crippen molar-refractivity contribution in [1.82, 2.24) is 19.4 Å². The van der Waals surface area contributed by atoms with E-state index in [1.165, 1.54) is 7.11 Å². The molecule has 166 valence electrons. The van der Waals surface area contributed by atoms with Crippen LogP contribution in [0.3, 0.4) is 0 Å². The smallest absolute Gasteiger partial charge is 0.257 e. The fourth-order valence-electron chi connectivity index (χ4n) is 3.78. The molecule has 3 aromatic rings. The van der Waals surface area contributed by atoms with Gasteiger partial charge in [-0.15, -0.1) is 0 Å². The number of imidazole rings is 1. The maximum absolute atomic E-state index is 13.0. The van der Waals surface area contributed by atoms with Gasteiger partial charge in [-0.25, -0.2) is 4.98 Å². The number of amides is 2. The van der Waals surface area contributed by atoms with Gasteiger partial charge in [0.1, 0.15) is 11.5 Å². The topological polar surface area (TPSA) is 76.9 Å². The first-order valence-corrected chi connectivity index (χ1v) is 10.4. The molecule has 2 amide bonds. The molecule has 1 aromatic heterocycles. The largest absolute Gasteiger partial charge is 0.497 e. The number of piperazine rings is 1. The first-order chi connectivity index (χ1) is 15.6. The second kappa shape index (κ2) is 9.55. The molecule has 0 aliphatic carbocycles. The van der Waals surface area contributed by atoms with Crippen LogP contribution in [0.25, 0.3) is 0 Å². The maximum atomic E-state index is 13.0. The molecule has 0 atom stereocenters. The first kappa shape index (κ1) is 21.4. The van der Waals surface area contributed by atoms with Gasteiger partial charge in [0.25, 0.3) is 11.8 Å². The highest BCUT2D eigenvalue weighted by atomic mass is 16.5. The van der Waals surface area contributed by atoms with Crippen molar-refractivity contribution in [2.75, 3.05) is 40.4 Å². The zero-order chi connectivity index (χ0) is 22.5. The average Bonchev–Trinajstić information content (AvgIpc) is 3.36. The van der Waals surface area contributed by atoms with Gasteiger partial charge in [-0.3, -0.25) is 9.59 Å². The average molecular weight is 434 g/mol. The van der Waals surface area contributed by atoms with Gasteiger partial charge in [-0.2, -0.15) is 0 Å². The van der Waals surface area contributed by atoms with E-state index in [4.69, 9.17) is 9.47 Å². The van der Waals surface area contributed by atoms with E-state index >= 15 is 0 Å². The molecular formula is C24H26N4O4. The van der Waals surface area contributed by atoms with Crippen LogP contribution in [0.2, 0.25) is 0 Å². The predicted molar refractivity (Wildman–Crippen MR) is 119 cm³/mol. The van der Waals surface area contributed by atoms with Crippen LogP contribution >= 0.6 is 0 Å². The summed E-state index contributed by atoms with van der Waals surface area (Å²) in [5.74, 6) is 0.974. The number of rotatable bonds is 6. The molecule has 0 saturated carbocycles. The predicted octanol–water partition coefficient (Wildman–Crippen LogP) is 2.55. The summed E-state index contributed by atoms with van der Waals surface area (Å²) >= 11 is 0. The monoisotopic (exact) mass is 434 g/mol. The molecular weight excluding hydrogens is 408 g/mol. The highest BCUT2D eigenvalue weighted by molar-refractivity contribution is 5.98. The van der Waals surface area contributed by atoms with Crippen LogP contribution in [-0.4, -0.2) is 71.6 Å². The maximum Gasteiger partial charge on any atom is 0.257 e. The molecule has 2 aromatic carbocycles. The normalized spacial score (nSPS) is 13.7. The molecule has 0 unspecified atom stereocenters. The lowest BCUT2D eigenvalue weighted by Crippen LogP contribution is -2.50. The van der Waals surface area contributed by atoms with E-state index in [-0.39, 0.29) is 11.8 Å². The van der Waals surface area contributed by atoms with Crippen molar-refractivity contribution in [3.8, 4) is 11.5 Å². The van der Waals surface area contributed by atoms with Crippen LogP contribution in [0.5, 0.6) is 11.5 Å². The third-order valence-corrected chi connectivity index (χ3v) is 5.62. The van der Waals surface area contributed by atoms with Gasteiger partial charge < -0.3 is 23.8 Å². The number of aromatic nitrogens is 2.